The first kappa shape index (κ1) is 22.1. The molecule has 12 nitrogen and oxygen atoms in total. The second-order valence-corrected chi connectivity index (χ2v) is 5.65. The van der Waals surface area contributed by atoms with Gasteiger partial charge in [0.1, 0.15) is 36.6 Å². The van der Waals surface area contributed by atoms with Crippen LogP contribution in [-0.4, -0.2) is 120 Å². The van der Waals surface area contributed by atoms with Crippen LogP contribution in [0.15, 0.2) is 0 Å². The maximum Gasteiger partial charge on any atom is 0.335 e. The van der Waals surface area contributed by atoms with Crippen LogP contribution in [0.1, 0.15) is 6.42 Å². The first-order chi connectivity index (χ1) is 11.6. The third-order valence-corrected chi connectivity index (χ3v) is 3.85. The van der Waals surface area contributed by atoms with Gasteiger partial charge in [0.15, 0.2) is 12.4 Å². The Morgan fingerprint density at radius 2 is 1.64 bits per heavy atom. The van der Waals surface area contributed by atoms with Crippen molar-refractivity contribution in [1.82, 2.24) is 0 Å². The van der Waals surface area contributed by atoms with Crippen LogP contribution in [-0.2, 0) is 14.3 Å². The Morgan fingerprint density at radius 3 is 2.12 bits per heavy atom. The monoisotopic (exact) mass is 372 g/mol. The van der Waals surface area contributed by atoms with Crippen LogP contribution in [0.4, 0.5) is 0 Å². The number of hydrogen-bond donors (Lipinski definition) is 9. The van der Waals surface area contributed by atoms with Gasteiger partial charge in [-0.3, -0.25) is 0 Å². The molecule has 9 N–H and O–H groups in total. The number of ether oxygens (including phenoxy) is 2. The van der Waals surface area contributed by atoms with Crippen LogP contribution < -0.4 is 0 Å². The molecule has 25 heavy (non-hydrogen) atoms. The molecule has 1 aliphatic rings. The maximum absolute atomic E-state index is 10.8. The van der Waals surface area contributed by atoms with Crippen LogP contribution >= 0.6 is 0 Å². The van der Waals surface area contributed by atoms with E-state index in [9.17, 15) is 35.4 Å². The Kier molecular flexibility index (Phi) is 8.56. The largest absolute Gasteiger partial charge is 0.479 e. The molecule has 1 aliphatic heterocycles. The summed E-state index contributed by atoms with van der Waals surface area (Å²) in [5, 5.41) is 85.0. The molecule has 0 aromatic rings. The maximum atomic E-state index is 10.8. The van der Waals surface area contributed by atoms with Gasteiger partial charge < -0.3 is 55.4 Å². The number of hydrogen-bond acceptors (Lipinski definition) is 11. The van der Waals surface area contributed by atoms with Crippen molar-refractivity contribution in [2.24, 2.45) is 0 Å². The zero-order valence-electron chi connectivity index (χ0n) is 13.1. The second-order valence-electron chi connectivity index (χ2n) is 5.65. The summed E-state index contributed by atoms with van der Waals surface area (Å²) in [6, 6.07) is 0. The Balaban J connectivity index is 2.95. The van der Waals surface area contributed by atoms with Crippen molar-refractivity contribution in [3.63, 3.8) is 0 Å². The molecular formula is C13H24O12. The van der Waals surface area contributed by atoms with Gasteiger partial charge in [0.2, 0.25) is 0 Å². The Morgan fingerprint density at radius 1 is 1.04 bits per heavy atom. The highest BCUT2D eigenvalue weighted by Gasteiger charge is 2.47. The minimum atomic E-state index is -2.38. The smallest absolute Gasteiger partial charge is 0.335 e. The SMILES string of the molecule is O=C(O)C(O)C(O)C(OC1OC(CCO)C(O)C(O)C1O)C(O)CO. The van der Waals surface area contributed by atoms with E-state index in [1.165, 1.54) is 0 Å². The number of carboxylic acids is 1. The van der Waals surface area contributed by atoms with Gasteiger partial charge in [-0.15, -0.1) is 0 Å². The van der Waals surface area contributed by atoms with Crippen molar-refractivity contribution < 1.29 is 60.2 Å². The van der Waals surface area contributed by atoms with Crippen LogP contribution in [0, 0.1) is 0 Å². The summed E-state index contributed by atoms with van der Waals surface area (Å²) < 4.78 is 10.2. The molecule has 1 fully saturated rings. The lowest BCUT2D eigenvalue weighted by atomic mass is 9.96. The third-order valence-electron chi connectivity index (χ3n) is 3.85. The van der Waals surface area contributed by atoms with Crippen LogP contribution in [0.5, 0.6) is 0 Å². The van der Waals surface area contributed by atoms with E-state index in [1.807, 2.05) is 0 Å². The van der Waals surface area contributed by atoms with E-state index >= 15 is 0 Å². The van der Waals surface area contributed by atoms with E-state index in [-0.39, 0.29) is 6.42 Å². The van der Waals surface area contributed by atoms with Crippen molar-refractivity contribution in [3.05, 3.63) is 0 Å². The fourth-order valence-corrected chi connectivity index (χ4v) is 2.38. The Bertz CT molecular complexity index is 420. The molecule has 12 heteroatoms. The molecule has 0 aliphatic carbocycles. The molecule has 0 saturated carbocycles. The first-order valence-electron chi connectivity index (χ1n) is 7.49. The molecule has 0 aromatic heterocycles. The van der Waals surface area contributed by atoms with Gasteiger partial charge in [0.05, 0.1) is 12.7 Å². The molecule has 0 radical (unpaired) electrons. The van der Waals surface area contributed by atoms with E-state index in [4.69, 9.17) is 24.8 Å². The summed E-state index contributed by atoms with van der Waals surface area (Å²) in [5.41, 5.74) is 0. The first-order valence-corrected chi connectivity index (χ1v) is 7.49. The minimum absolute atomic E-state index is 0.141. The van der Waals surface area contributed by atoms with Gasteiger partial charge in [0.25, 0.3) is 0 Å². The molecular weight excluding hydrogens is 348 g/mol. The Labute approximate surface area is 142 Å². The van der Waals surface area contributed by atoms with Crippen molar-refractivity contribution in [3.8, 4) is 0 Å². The molecule has 0 bridgehead atoms. The van der Waals surface area contributed by atoms with Crippen molar-refractivity contribution in [2.75, 3.05) is 13.2 Å². The van der Waals surface area contributed by atoms with E-state index in [0.29, 0.717) is 0 Å². The standard InChI is InChI=1S/C13H24O12/c14-2-1-5-6(17)7(18)10(21)13(24-5)25-11(4(16)3-15)8(19)9(20)12(22)23/h4-11,13-21H,1-3H2,(H,22,23). The normalized spacial score (nSPS) is 35.0. The highest BCUT2D eigenvalue weighted by Crippen LogP contribution is 2.26. The number of aliphatic carboxylic acids is 1. The highest BCUT2D eigenvalue weighted by molar-refractivity contribution is 5.72. The minimum Gasteiger partial charge on any atom is -0.479 e. The van der Waals surface area contributed by atoms with Crippen LogP contribution in [0.2, 0.25) is 0 Å². The number of carbonyl (C=O) groups is 1. The van der Waals surface area contributed by atoms with Crippen molar-refractivity contribution in [1.29, 1.82) is 0 Å². The third kappa shape index (κ3) is 5.27. The molecule has 0 aromatic carbocycles. The van der Waals surface area contributed by atoms with Gasteiger partial charge in [-0.25, -0.2) is 4.79 Å². The molecule has 148 valence electrons. The van der Waals surface area contributed by atoms with Crippen LogP contribution in [0.3, 0.4) is 0 Å². The molecule has 9 atom stereocenters. The quantitative estimate of drug-likeness (QED) is 0.185. The highest BCUT2D eigenvalue weighted by atomic mass is 16.7. The summed E-state index contributed by atoms with van der Waals surface area (Å²) >= 11 is 0. The summed E-state index contributed by atoms with van der Waals surface area (Å²) in [7, 11) is 0. The fraction of sp³-hybridized carbons (Fsp3) is 0.923. The zero-order chi connectivity index (χ0) is 19.3. The van der Waals surface area contributed by atoms with E-state index in [1.54, 1.807) is 0 Å². The van der Waals surface area contributed by atoms with Gasteiger partial charge in [0, 0.05) is 6.61 Å². The molecule has 1 rings (SSSR count). The number of aliphatic hydroxyl groups excluding tert-OH is 8. The van der Waals surface area contributed by atoms with E-state index in [2.05, 4.69) is 0 Å². The van der Waals surface area contributed by atoms with E-state index < -0.39 is 74.3 Å². The number of carboxylic acid groups (broad SMARTS) is 1. The Hall–Kier alpha value is -0.930. The lowest BCUT2D eigenvalue weighted by molar-refractivity contribution is -0.324. The molecule has 1 heterocycles. The average molecular weight is 372 g/mol. The molecule has 0 amide bonds. The summed E-state index contributed by atoms with van der Waals surface area (Å²) in [5.74, 6) is -1.83. The van der Waals surface area contributed by atoms with Crippen molar-refractivity contribution >= 4 is 5.97 Å². The lowest BCUT2D eigenvalue weighted by Gasteiger charge is -2.42. The molecule has 1 saturated heterocycles. The van der Waals surface area contributed by atoms with Crippen LogP contribution in [0.25, 0.3) is 0 Å². The predicted octanol–water partition coefficient (Wildman–Crippen LogP) is -5.28. The van der Waals surface area contributed by atoms with Crippen molar-refractivity contribution in [2.45, 2.75) is 61.5 Å². The fourth-order valence-electron chi connectivity index (χ4n) is 2.38. The van der Waals surface area contributed by atoms with Gasteiger partial charge >= 0.3 is 5.97 Å². The summed E-state index contributed by atoms with van der Waals surface area (Å²) in [4.78, 5) is 10.8. The molecule has 9 unspecified atom stereocenters. The number of rotatable bonds is 9. The number of aliphatic hydroxyl groups is 8. The predicted molar refractivity (Wildman–Crippen MR) is 76.0 cm³/mol. The van der Waals surface area contributed by atoms with E-state index in [0.717, 1.165) is 0 Å². The average Bonchev–Trinajstić information content (AvgIpc) is 2.59. The van der Waals surface area contributed by atoms with Gasteiger partial charge in [-0.2, -0.15) is 0 Å². The summed E-state index contributed by atoms with van der Waals surface area (Å²) in [6.07, 6.45) is -16.6. The molecule has 0 spiro atoms. The zero-order valence-corrected chi connectivity index (χ0v) is 13.1. The van der Waals surface area contributed by atoms with Gasteiger partial charge in [-0.05, 0) is 6.42 Å². The topological polar surface area (TPSA) is 218 Å². The second kappa shape index (κ2) is 9.68. The summed E-state index contributed by atoms with van der Waals surface area (Å²) in [6.45, 7) is -1.41. The van der Waals surface area contributed by atoms with Gasteiger partial charge in [-0.1, -0.05) is 0 Å². The lowest BCUT2D eigenvalue weighted by Crippen LogP contribution is -2.61.